The highest BCUT2D eigenvalue weighted by atomic mass is 19.4. The van der Waals surface area contributed by atoms with Crippen LogP contribution in [0.2, 0.25) is 0 Å². The Morgan fingerprint density at radius 2 is 1.78 bits per heavy atom. The second kappa shape index (κ2) is 9.90. The number of nitrogens with one attached hydrogen (secondary N) is 1. The first-order chi connectivity index (χ1) is 15.4. The highest BCUT2D eigenvalue weighted by molar-refractivity contribution is 5.98. The van der Waals surface area contributed by atoms with Crippen molar-refractivity contribution in [2.45, 2.75) is 50.9 Å². The van der Waals surface area contributed by atoms with Gasteiger partial charge in [-0.05, 0) is 55.9 Å². The molecule has 5 nitrogen and oxygen atoms in total. The fourth-order valence-electron chi connectivity index (χ4n) is 4.49. The number of benzene rings is 1. The summed E-state index contributed by atoms with van der Waals surface area (Å²) in [7, 11) is 0. The molecule has 2 aliphatic heterocycles. The van der Waals surface area contributed by atoms with Gasteiger partial charge in [0.25, 0.3) is 5.91 Å². The van der Waals surface area contributed by atoms with Crippen molar-refractivity contribution in [1.29, 1.82) is 0 Å². The highest BCUT2D eigenvalue weighted by Crippen LogP contribution is 2.30. The Bertz CT molecular complexity index is 919. The maximum atomic E-state index is 13.0. The summed E-state index contributed by atoms with van der Waals surface area (Å²) in [5, 5.41) is 3.45. The van der Waals surface area contributed by atoms with E-state index >= 15 is 0 Å². The lowest BCUT2D eigenvalue weighted by Crippen LogP contribution is -2.40. The summed E-state index contributed by atoms with van der Waals surface area (Å²) in [6, 6.07) is 9.34. The molecule has 2 aliphatic rings. The number of aromatic nitrogens is 1. The summed E-state index contributed by atoms with van der Waals surface area (Å²) in [6.45, 7) is 3.63. The van der Waals surface area contributed by atoms with Gasteiger partial charge < -0.3 is 10.2 Å². The van der Waals surface area contributed by atoms with Crippen LogP contribution in [0.15, 0.2) is 42.6 Å². The molecule has 4 rings (SSSR count). The van der Waals surface area contributed by atoms with Crippen LogP contribution >= 0.6 is 0 Å². The molecule has 1 aromatic carbocycles. The number of alkyl halides is 3. The average Bonchev–Trinajstić information content (AvgIpc) is 2.80. The zero-order valence-corrected chi connectivity index (χ0v) is 18.1. The van der Waals surface area contributed by atoms with Gasteiger partial charge >= 0.3 is 6.18 Å². The van der Waals surface area contributed by atoms with E-state index in [2.05, 4.69) is 15.2 Å². The van der Waals surface area contributed by atoms with Gasteiger partial charge in [0.1, 0.15) is 5.82 Å². The third kappa shape index (κ3) is 5.59. The van der Waals surface area contributed by atoms with Crippen LogP contribution in [0.5, 0.6) is 0 Å². The number of hydrogen-bond acceptors (Lipinski definition) is 4. The minimum absolute atomic E-state index is 0.0299. The number of anilines is 1. The molecule has 0 unspecified atom stereocenters. The molecule has 0 atom stereocenters. The van der Waals surface area contributed by atoms with Gasteiger partial charge in [0, 0.05) is 45.0 Å². The van der Waals surface area contributed by atoms with Crippen molar-refractivity contribution in [3.8, 4) is 0 Å². The van der Waals surface area contributed by atoms with Gasteiger partial charge in [0.15, 0.2) is 0 Å². The van der Waals surface area contributed by atoms with E-state index in [1.54, 1.807) is 18.3 Å². The minimum Gasteiger partial charge on any atom is -0.367 e. The van der Waals surface area contributed by atoms with Gasteiger partial charge in [-0.2, -0.15) is 13.2 Å². The van der Waals surface area contributed by atoms with Crippen molar-refractivity contribution in [3.63, 3.8) is 0 Å². The third-order valence-electron chi connectivity index (χ3n) is 6.27. The molecule has 2 saturated heterocycles. The van der Waals surface area contributed by atoms with Crippen LogP contribution in [0.4, 0.5) is 19.0 Å². The lowest BCUT2D eigenvalue weighted by Gasteiger charge is -2.33. The molecule has 0 aliphatic carbocycles. The highest BCUT2D eigenvalue weighted by Gasteiger charge is 2.30. The van der Waals surface area contributed by atoms with E-state index in [9.17, 15) is 18.0 Å². The Morgan fingerprint density at radius 3 is 2.50 bits per heavy atom. The van der Waals surface area contributed by atoms with E-state index in [1.165, 1.54) is 18.6 Å². The number of rotatable bonds is 5. The topological polar surface area (TPSA) is 48.5 Å². The number of likely N-dealkylation sites (tertiary alicyclic amines) is 2. The Kier molecular flexibility index (Phi) is 6.98. The van der Waals surface area contributed by atoms with Gasteiger partial charge in [-0.15, -0.1) is 0 Å². The number of halogens is 3. The van der Waals surface area contributed by atoms with Crippen molar-refractivity contribution in [3.05, 3.63) is 59.3 Å². The first-order valence-electron chi connectivity index (χ1n) is 11.3. The minimum atomic E-state index is -4.32. The lowest BCUT2D eigenvalue weighted by molar-refractivity contribution is -0.137. The van der Waals surface area contributed by atoms with Crippen molar-refractivity contribution in [1.82, 2.24) is 14.8 Å². The van der Waals surface area contributed by atoms with Crippen LogP contribution in [0.1, 0.15) is 53.6 Å². The summed E-state index contributed by atoms with van der Waals surface area (Å²) in [6.07, 6.45) is 2.30. The standard InChI is InChI=1S/C24H29F3N4O/c25-24(26,27)19-7-4-6-18(16-19)17-30-14-9-20(10-15-30)29-22-21(8-5-11-28-22)23(32)31-12-2-1-3-13-31/h4-8,11,16,20H,1-3,9-10,12-15,17H2,(H,28,29). The molecule has 172 valence electrons. The third-order valence-corrected chi connectivity index (χ3v) is 6.27. The molecule has 1 N–H and O–H groups in total. The maximum Gasteiger partial charge on any atom is 0.416 e. The van der Waals surface area contributed by atoms with Gasteiger partial charge in [-0.3, -0.25) is 9.69 Å². The zero-order valence-electron chi connectivity index (χ0n) is 18.1. The van der Waals surface area contributed by atoms with Crippen molar-refractivity contribution < 1.29 is 18.0 Å². The molecule has 1 aromatic heterocycles. The predicted molar refractivity (Wildman–Crippen MR) is 117 cm³/mol. The number of hydrogen-bond donors (Lipinski definition) is 1. The average molecular weight is 447 g/mol. The predicted octanol–water partition coefficient (Wildman–Crippen LogP) is 4.80. The monoisotopic (exact) mass is 446 g/mol. The van der Waals surface area contributed by atoms with Gasteiger partial charge in [-0.25, -0.2) is 4.98 Å². The largest absolute Gasteiger partial charge is 0.416 e. The summed E-state index contributed by atoms with van der Waals surface area (Å²) < 4.78 is 38.9. The lowest BCUT2D eigenvalue weighted by atomic mass is 10.0. The maximum absolute atomic E-state index is 13.0. The SMILES string of the molecule is O=C(c1cccnc1NC1CCN(Cc2cccc(C(F)(F)F)c2)CC1)N1CCCCC1. The summed E-state index contributed by atoms with van der Waals surface area (Å²) in [4.78, 5) is 21.5. The van der Waals surface area contributed by atoms with Crippen LogP contribution in [0.25, 0.3) is 0 Å². The van der Waals surface area contributed by atoms with E-state index in [4.69, 9.17) is 0 Å². The Hall–Kier alpha value is -2.61. The van der Waals surface area contributed by atoms with Crippen LogP contribution in [0.3, 0.4) is 0 Å². The van der Waals surface area contributed by atoms with Crippen LogP contribution in [-0.2, 0) is 12.7 Å². The van der Waals surface area contributed by atoms with Crippen molar-refractivity contribution in [2.24, 2.45) is 0 Å². The number of piperidine rings is 2. The summed E-state index contributed by atoms with van der Waals surface area (Å²) in [5.74, 6) is 0.654. The molecular formula is C24H29F3N4O. The van der Waals surface area contributed by atoms with Crippen molar-refractivity contribution >= 4 is 11.7 Å². The molecule has 3 heterocycles. The molecular weight excluding hydrogens is 417 g/mol. The Morgan fingerprint density at radius 1 is 1.03 bits per heavy atom. The second-order valence-corrected chi connectivity index (χ2v) is 8.65. The number of nitrogens with zero attached hydrogens (tertiary/aromatic N) is 3. The normalized spacial score (nSPS) is 18.5. The van der Waals surface area contributed by atoms with E-state index in [0.29, 0.717) is 23.5 Å². The molecule has 0 radical (unpaired) electrons. The van der Waals surface area contributed by atoms with Gasteiger partial charge in [0.2, 0.25) is 0 Å². The molecule has 2 aromatic rings. The smallest absolute Gasteiger partial charge is 0.367 e. The summed E-state index contributed by atoms with van der Waals surface area (Å²) in [5.41, 5.74) is 0.679. The van der Waals surface area contributed by atoms with Gasteiger partial charge in [0.05, 0.1) is 11.1 Å². The number of carbonyl (C=O) groups is 1. The van der Waals surface area contributed by atoms with E-state index in [-0.39, 0.29) is 11.9 Å². The molecule has 2 fully saturated rings. The Labute approximate surface area is 186 Å². The van der Waals surface area contributed by atoms with E-state index < -0.39 is 11.7 Å². The number of carbonyl (C=O) groups excluding carboxylic acids is 1. The fourth-order valence-corrected chi connectivity index (χ4v) is 4.49. The van der Waals surface area contributed by atoms with Crippen LogP contribution in [-0.4, -0.2) is 52.9 Å². The van der Waals surface area contributed by atoms with Crippen molar-refractivity contribution in [2.75, 3.05) is 31.5 Å². The molecule has 0 saturated carbocycles. The first-order valence-corrected chi connectivity index (χ1v) is 11.3. The van der Waals surface area contributed by atoms with E-state index in [1.807, 2.05) is 11.0 Å². The zero-order chi connectivity index (χ0) is 22.6. The van der Waals surface area contributed by atoms with Crippen LogP contribution < -0.4 is 5.32 Å². The first kappa shape index (κ1) is 22.6. The number of amides is 1. The molecule has 0 bridgehead atoms. The Balaban J connectivity index is 1.33. The molecule has 8 heteroatoms. The van der Waals surface area contributed by atoms with E-state index in [0.717, 1.165) is 57.9 Å². The quantitative estimate of drug-likeness (QED) is 0.717. The van der Waals surface area contributed by atoms with Crippen LogP contribution in [0, 0.1) is 0 Å². The molecule has 0 spiro atoms. The van der Waals surface area contributed by atoms with Gasteiger partial charge in [-0.1, -0.05) is 18.2 Å². The number of pyridine rings is 1. The molecule has 32 heavy (non-hydrogen) atoms. The summed E-state index contributed by atoms with van der Waals surface area (Å²) >= 11 is 0. The molecule has 1 amide bonds. The fraction of sp³-hybridized carbons (Fsp3) is 0.500. The second-order valence-electron chi connectivity index (χ2n) is 8.65.